The van der Waals surface area contributed by atoms with Gasteiger partial charge in [0.2, 0.25) is 0 Å². The number of hydrogen-bond acceptors (Lipinski definition) is 4. The summed E-state index contributed by atoms with van der Waals surface area (Å²) >= 11 is 0. The highest BCUT2D eigenvalue weighted by Gasteiger charge is 2.20. The van der Waals surface area contributed by atoms with Crippen LogP contribution in [0.25, 0.3) is 0 Å². The molecular formula is C18H22N2O4S. The molecule has 6 nitrogen and oxygen atoms in total. The van der Waals surface area contributed by atoms with E-state index in [1.807, 2.05) is 6.92 Å². The highest BCUT2D eigenvalue weighted by molar-refractivity contribution is 7.92. The second kappa shape index (κ2) is 8.13. The first-order chi connectivity index (χ1) is 11.8. The van der Waals surface area contributed by atoms with E-state index < -0.39 is 10.0 Å². The van der Waals surface area contributed by atoms with Crippen LogP contribution in [-0.2, 0) is 14.8 Å². The number of nitrogens with one attached hydrogen (secondary N) is 2. The van der Waals surface area contributed by atoms with Gasteiger partial charge in [0.15, 0.2) is 0 Å². The summed E-state index contributed by atoms with van der Waals surface area (Å²) in [5.41, 5.74) is 1.30. The zero-order valence-corrected chi connectivity index (χ0v) is 15.3. The minimum atomic E-state index is -3.79. The average molecular weight is 362 g/mol. The Bertz CT molecular complexity index is 835. The minimum absolute atomic E-state index is 0.0726. The van der Waals surface area contributed by atoms with Gasteiger partial charge in [0.25, 0.3) is 15.9 Å². The molecule has 134 valence electrons. The van der Waals surface area contributed by atoms with Crippen molar-refractivity contribution < 1.29 is 17.9 Å². The van der Waals surface area contributed by atoms with E-state index in [1.54, 1.807) is 56.5 Å². The van der Waals surface area contributed by atoms with Gasteiger partial charge in [0, 0.05) is 24.4 Å². The van der Waals surface area contributed by atoms with Crippen molar-refractivity contribution >= 4 is 21.6 Å². The maximum atomic E-state index is 12.7. The lowest BCUT2D eigenvalue weighted by molar-refractivity contribution is 0.0905. The number of carbonyl (C=O) groups excluding carboxylic acids is 1. The third kappa shape index (κ3) is 5.04. The van der Waals surface area contributed by atoms with Gasteiger partial charge in [0.1, 0.15) is 0 Å². The van der Waals surface area contributed by atoms with Crippen molar-refractivity contribution in [2.24, 2.45) is 0 Å². The van der Waals surface area contributed by atoms with Crippen LogP contribution in [-0.4, -0.2) is 34.1 Å². The van der Waals surface area contributed by atoms with Gasteiger partial charge >= 0.3 is 0 Å². The Morgan fingerprint density at radius 3 is 2.48 bits per heavy atom. The Kier molecular flexibility index (Phi) is 6.17. The molecule has 1 atom stereocenters. The molecule has 0 radical (unpaired) electrons. The normalized spacial score (nSPS) is 12.4. The fourth-order valence-corrected chi connectivity index (χ4v) is 3.68. The number of amides is 1. The molecule has 0 heterocycles. The van der Waals surface area contributed by atoms with Gasteiger partial charge in [-0.05, 0) is 43.7 Å². The van der Waals surface area contributed by atoms with Crippen LogP contribution in [0.5, 0.6) is 0 Å². The Labute approximate surface area is 148 Å². The summed E-state index contributed by atoms with van der Waals surface area (Å²) in [5, 5.41) is 2.77. The molecular weight excluding hydrogens is 340 g/mol. The Morgan fingerprint density at radius 2 is 1.84 bits per heavy atom. The summed E-state index contributed by atoms with van der Waals surface area (Å²) in [6.07, 6.45) is 0. The predicted molar refractivity (Wildman–Crippen MR) is 97.2 cm³/mol. The van der Waals surface area contributed by atoms with E-state index in [4.69, 9.17) is 4.74 Å². The molecule has 7 heteroatoms. The zero-order chi connectivity index (χ0) is 18.4. The van der Waals surface area contributed by atoms with Crippen LogP contribution in [0.3, 0.4) is 0 Å². The molecule has 0 unspecified atom stereocenters. The summed E-state index contributed by atoms with van der Waals surface area (Å²) in [5.74, 6) is -0.347. The number of methoxy groups -OCH3 is 1. The zero-order valence-electron chi connectivity index (χ0n) is 14.4. The van der Waals surface area contributed by atoms with Gasteiger partial charge in [-0.1, -0.05) is 24.3 Å². The summed E-state index contributed by atoms with van der Waals surface area (Å²) in [7, 11) is -2.24. The second-order valence-corrected chi connectivity index (χ2v) is 7.43. The van der Waals surface area contributed by atoms with E-state index in [-0.39, 0.29) is 22.4 Å². The van der Waals surface area contributed by atoms with Crippen molar-refractivity contribution in [1.29, 1.82) is 0 Å². The fourth-order valence-electron chi connectivity index (χ4n) is 2.35. The molecule has 0 saturated carbocycles. The number of rotatable bonds is 7. The highest BCUT2D eigenvalue weighted by atomic mass is 32.2. The number of hydrogen-bond donors (Lipinski definition) is 2. The lowest BCUT2D eigenvalue weighted by Gasteiger charge is -2.15. The molecule has 2 N–H and O–H groups in total. The molecule has 2 rings (SSSR count). The maximum Gasteiger partial charge on any atom is 0.262 e. The van der Waals surface area contributed by atoms with Gasteiger partial charge in [-0.2, -0.15) is 0 Å². The highest BCUT2D eigenvalue weighted by Crippen LogP contribution is 2.20. The molecule has 0 fully saturated rings. The quantitative estimate of drug-likeness (QED) is 0.793. The third-order valence-electron chi connectivity index (χ3n) is 3.56. The van der Waals surface area contributed by atoms with Gasteiger partial charge < -0.3 is 10.1 Å². The van der Waals surface area contributed by atoms with E-state index in [2.05, 4.69) is 10.0 Å². The van der Waals surface area contributed by atoms with Crippen molar-refractivity contribution in [3.05, 3.63) is 59.7 Å². The molecule has 2 aromatic carbocycles. The van der Waals surface area contributed by atoms with Crippen LogP contribution in [0, 0.1) is 6.92 Å². The van der Waals surface area contributed by atoms with Crippen molar-refractivity contribution in [1.82, 2.24) is 5.32 Å². The predicted octanol–water partition coefficient (Wildman–Crippen LogP) is 2.56. The summed E-state index contributed by atoms with van der Waals surface area (Å²) < 4.78 is 32.8. The average Bonchev–Trinajstić information content (AvgIpc) is 2.55. The molecule has 0 spiro atoms. The van der Waals surface area contributed by atoms with E-state index in [0.717, 1.165) is 0 Å². The molecule has 0 aromatic heterocycles. The van der Waals surface area contributed by atoms with Gasteiger partial charge in [-0.25, -0.2) is 8.42 Å². The number of sulfonamides is 1. The van der Waals surface area contributed by atoms with Crippen LogP contribution >= 0.6 is 0 Å². The van der Waals surface area contributed by atoms with Crippen LogP contribution in [0.2, 0.25) is 0 Å². The molecule has 2 aromatic rings. The van der Waals surface area contributed by atoms with E-state index >= 15 is 0 Å². The molecule has 0 aliphatic heterocycles. The monoisotopic (exact) mass is 362 g/mol. The first-order valence-electron chi connectivity index (χ1n) is 7.82. The summed E-state index contributed by atoms with van der Waals surface area (Å²) in [4.78, 5) is 12.4. The Morgan fingerprint density at radius 1 is 1.16 bits per heavy atom. The topological polar surface area (TPSA) is 84.5 Å². The van der Waals surface area contributed by atoms with Gasteiger partial charge in [-0.3, -0.25) is 9.52 Å². The Hall–Kier alpha value is -2.38. The van der Waals surface area contributed by atoms with Crippen LogP contribution < -0.4 is 10.0 Å². The van der Waals surface area contributed by atoms with Crippen LogP contribution in [0.15, 0.2) is 53.4 Å². The standard InChI is InChI=1S/C18H22N2O4S/c1-13-9-10-15(18(21)19-14(2)12-24-3)11-17(13)25(22,23)20-16-7-5-4-6-8-16/h4-11,14,20H,12H2,1-3H3,(H,19,21)/t14-/m1/s1. The molecule has 25 heavy (non-hydrogen) atoms. The third-order valence-corrected chi connectivity index (χ3v) is 5.08. The summed E-state index contributed by atoms with van der Waals surface area (Å²) in [6.45, 7) is 3.87. The molecule has 0 aliphatic rings. The van der Waals surface area contributed by atoms with Crippen molar-refractivity contribution in [2.45, 2.75) is 24.8 Å². The van der Waals surface area contributed by atoms with Gasteiger partial charge in [0.05, 0.1) is 11.5 Å². The first-order valence-corrected chi connectivity index (χ1v) is 9.30. The second-order valence-electron chi connectivity index (χ2n) is 5.78. The van der Waals surface area contributed by atoms with Crippen molar-refractivity contribution in [3.8, 4) is 0 Å². The van der Waals surface area contributed by atoms with E-state index in [0.29, 0.717) is 17.9 Å². The fraction of sp³-hybridized carbons (Fsp3) is 0.278. The number of aryl methyl sites for hydroxylation is 1. The number of ether oxygens (including phenoxy) is 1. The van der Waals surface area contributed by atoms with Gasteiger partial charge in [-0.15, -0.1) is 0 Å². The number of benzene rings is 2. The smallest absolute Gasteiger partial charge is 0.262 e. The maximum absolute atomic E-state index is 12.7. The van der Waals surface area contributed by atoms with Crippen molar-refractivity contribution in [2.75, 3.05) is 18.4 Å². The number of carbonyl (C=O) groups is 1. The Balaban J connectivity index is 2.27. The minimum Gasteiger partial charge on any atom is -0.383 e. The largest absolute Gasteiger partial charge is 0.383 e. The summed E-state index contributed by atoms with van der Waals surface area (Å²) in [6, 6.07) is 13.0. The number of para-hydroxylation sites is 1. The molecule has 0 aliphatic carbocycles. The lowest BCUT2D eigenvalue weighted by atomic mass is 10.1. The van der Waals surface area contributed by atoms with Crippen molar-refractivity contribution in [3.63, 3.8) is 0 Å². The number of anilines is 1. The molecule has 0 saturated heterocycles. The van der Waals surface area contributed by atoms with Crippen LogP contribution in [0.4, 0.5) is 5.69 Å². The lowest BCUT2D eigenvalue weighted by Crippen LogP contribution is -2.35. The van der Waals surface area contributed by atoms with E-state index in [1.165, 1.54) is 6.07 Å². The molecule has 0 bridgehead atoms. The SMILES string of the molecule is COC[C@@H](C)NC(=O)c1ccc(C)c(S(=O)(=O)Nc2ccccc2)c1. The first kappa shape index (κ1) is 19.0. The van der Waals surface area contributed by atoms with E-state index in [9.17, 15) is 13.2 Å². The van der Waals surface area contributed by atoms with Crippen LogP contribution in [0.1, 0.15) is 22.8 Å². The molecule has 1 amide bonds.